The Kier molecular flexibility index (Phi) is 3.36. The van der Waals surface area contributed by atoms with E-state index >= 15 is 0 Å². The Labute approximate surface area is 94.4 Å². The van der Waals surface area contributed by atoms with Gasteiger partial charge in [-0.3, -0.25) is 0 Å². The molecule has 0 aromatic carbocycles. The summed E-state index contributed by atoms with van der Waals surface area (Å²) in [6.07, 6.45) is 5.61. The van der Waals surface area contributed by atoms with E-state index in [2.05, 4.69) is 31.1 Å². The van der Waals surface area contributed by atoms with E-state index in [4.69, 9.17) is 0 Å². The second-order valence-electron chi connectivity index (χ2n) is 6.02. The number of likely N-dealkylation sites (tertiary alicyclic amines) is 1. The Morgan fingerprint density at radius 3 is 2.80 bits per heavy atom. The molecule has 2 nitrogen and oxygen atoms in total. The molecule has 0 saturated carbocycles. The Morgan fingerprint density at radius 2 is 2.20 bits per heavy atom. The molecule has 0 bridgehead atoms. The second-order valence-corrected chi connectivity index (χ2v) is 6.02. The fourth-order valence-corrected chi connectivity index (χ4v) is 3.61. The van der Waals surface area contributed by atoms with Crippen LogP contribution in [0.1, 0.15) is 39.5 Å². The van der Waals surface area contributed by atoms with Crippen molar-refractivity contribution in [2.75, 3.05) is 26.7 Å². The lowest BCUT2D eigenvalue weighted by atomic mass is 9.70. The first-order valence-electron chi connectivity index (χ1n) is 6.55. The SMILES string of the molecule is CC(C)CC1N(C)CCCC12CCNC2. The zero-order chi connectivity index (χ0) is 10.9. The van der Waals surface area contributed by atoms with Crippen molar-refractivity contribution < 1.29 is 0 Å². The van der Waals surface area contributed by atoms with Gasteiger partial charge in [-0.1, -0.05) is 13.8 Å². The first-order chi connectivity index (χ1) is 7.14. The van der Waals surface area contributed by atoms with Crippen LogP contribution in [0.5, 0.6) is 0 Å². The predicted molar refractivity (Wildman–Crippen MR) is 65.0 cm³/mol. The third kappa shape index (κ3) is 2.21. The topological polar surface area (TPSA) is 15.3 Å². The lowest BCUT2D eigenvalue weighted by Gasteiger charge is -2.47. The van der Waals surface area contributed by atoms with Crippen molar-refractivity contribution in [3.8, 4) is 0 Å². The molecule has 2 unspecified atom stereocenters. The summed E-state index contributed by atoms with van der Waals surface area (Å²) in [5.74, 6) is 0.827. The molecule has 0 amide bonds. The molecule has 88 valence electrons. The van der Waals surface area contributed by atoms with Gasteiger partial charge in [0.05, 0.1) is 0 Å². The smallest absolute Gasteiger partial charge is 0.0164 e. The van der Waals surface area contributed by atoms with Crippen LogP contribution in [0.25, 0.3) is 0 Å². The summed E-state index contributed by atoms with van der Waals surface area (Å²) >= 11 is 0. The van der Waals surface area contributed by atoms with Crippen LogP contribution in [0.3, 0.4) is 0 Å². The fraction of sp³-hybridized carbons (Fsp3) is 1.00. The Bertz CT molecular complexity index is 207. The van der Waals surface area contributed by atoms with E-state index in [-0.39, 0.29) is 0 Å². The Hall–Kier alpha value is -0.0800. The lowest BCUT2D eigenvalue weighted by Crippen LogP contribution is -2.52. The van der Waals surface area contributed by atoms with E-state index in [1.54, 1.807) is 0 Å². The summed E-state index contributed by atoms with van der Waals surface area (Å²) in [4.78, 5) is 2.62. The minimum Gasteiger partial charge on any atom is -0.316 e. The first kappa shape index (κ1) is 11.4. The highest BCUT2D eigenvalue weighted by Gasteiger charge is 2.44. The highest BCUT2D eigenvalue weighted by atomic mass is 15.2. The van der Waals surface area contributed by atoms with Gasteiger partial charge >= 0.3 is 0 Å². The molecule has 15 heavy (non-hydrogen) atoms. The Balaban J connectivity index is 2.11. The van der Waals surface area contributed by atoms with Crippen LogP contribution in [0.2, 0.25) is 0 Å². The molecular weight excluding hydrogens is 184 g/mol. The van der Waals surface area contributed by atoms with E-state index < -0.39 is 0 Å². The van der Waals surface area contributed by atoms with E-state index in [1.807, 2.05) is 0 Å². The van der Waals surface area contributed by atoms with Crippen molar-refractivity contribution in [2.45, 2.75) is 45.6 Å². The molecule has 2 heterocycles. The molecule has 2 atom stereocenters. The maximum Gasteiger partial charge on any atom is 0.0164 e. The molecule has 0 radical (unpaired) electrons. The van der Waals surface area contributed by atoms with E-state index in [9.17, 15) is 0 Å². The standard InChI is InChI=1S/C13H26N2/c1-11(2)9-12-13(6-7-14-10-13)5-4-8-15(12)3/h11-12,14H,4-10H2,1-3H3. The van der Waals surface area contributed by atoms with Gasteiger partial charge in [0, 0.05) is 12.6 Å². The number of piperidine rings is 1. The van der Waals surface area contributed by atoms with Crippen molar-refractivity contribution in [2.24, 2.45) is 11.3 Å². The minimum absolute atomic E-state index is 0.608. The van der Waals surface area contributed by atoms with Crippen molar-refractivity contribution >= 4 is 0 Å². The number of hydrogen-bond acceptors (Lipinski definition) is 2. The molecule has 1 spiro atoms. The molecule has 2 fully saturated rings. The van der Waals surface area contributed by atoms with Gasteiger partial charge in [0.15, 0.2) is 0 Å². The van der Waals surface area contributed by atoms with Crippen molar-refractivity contribution in [3.63, 3.8) is 0 Å². The van der Waals surface area contributed by atoms with Crippen molar-refractivity contribution in [1.82, 2.24) is 10.2 Å². The summed E-state index contributed by atoms with van der Waals surface area (Å²) in [5, 5.41) is 3.58. The van der Waals surface area contributed by atoms with Crippen molar-refractivity contribution in [1.29, 1.82) is 0 Å². The Morgan fingerprint density at radius 1 is 1.40 bits per heavy atom. The van der Waals surface area contributed by atoms with E-state index in [0.29, 0.717) is 5.41 Å². The van der Waals surface area contributed by atoms with Crippen LogP contribution in [0.15, 0.2) is 0 Å². The van der Waals surface area contributed by atoms with Gasteiger partial charge in [-0.05, 0) is 57.2 Å². The van der Waals surface area contributed by atoms with Crippen LogP contribution in [0, 0.1) is 11.3 Å². The third-order valence-electron chi connectivity index (χ3n) is 4.40. The van der Waals surface area contributed by atoms with Crippen LogP contribution in [-0.2, 0) is 0 Å². The third-order valence-corrected chi connectivity index (χ3v) is 4.40. The summed E-state index contributed by atoms with van der Waals surface area (Å²) in [6, 6.07) is 0.821. The van der Waals surface area contributed by atoms with Gasteiger partial charge in [-0.25, -0.2) is 0 Å². The first-order valence-corrected chi connectivity index (χ1v) is 6.55. The summed E-state index contributed by atoms with van der Waals surface area (Å²) in [5.41, 5.74) is 0.608. The summed E-state index contributed by atoms with van der Waals surface area (Å²) in [6.45, 7) is 8.52. The highest BCUT2D eigenvalue weighted by molar-refractivity contribution is 5.00. The van der Waals surface area contributed by atoms with Crippen LogP contribution in [-0.4, -0.2) is 37.6 Å². The molecule has 1 N–H and O–H groups in total. The zero-order valence-electron chi connectivity index (χ0n) is 10.6. The quantitative estimate of drug-likeness (QED) is 0.751. The van der Waals surface area contributed by atoms with Gasteiger partial charge in [0.2, 0.25) is 0 Å². The van der Waals surface area contributed by atoms with Crippen molar-refractivity contribution in [3.05, 3.63) is 0 Å². The van der Waals surface area contributed by atoms with E-state index in [0.717, 1.165) is 12.0 Å². The number of hydrogen-bond donors (Lipinski definition) is 1. The largest absolute Gasteiger partial charge is 0.316 e. The average Bonchev–Trinajstić information content (AvgIpc) is 2.61. The maximum atomic E-state index is 3.58. The molecule has 2 heteroatoms. The molecule has 0 aromatic rings. The molecule has 2 rings (SSSR count). The van der Waals surface area contributed by atoms with Gasteiger partial charge < -0.3 is 10.2 Å². The molecule has 0 aromatic heterocycles. The van der Waals surface area contributed by atoms with Crippen LogP contribution >= 0.6 is 0 Å². The van der Waals surface area contributed by atoms with Gasteiger partial charge in [-0.2, -0.15) is 0 Å². The highest BCUT2D eigenvalue weighted by Crippen LogP contribution is 2.42. The molecule has 2 aliphatic heterocycles. The van der Waals surface area contributed by atoms with Crippen LogP contribution < -0.4 is 5.32 Å². The van der Waals surface area contributed by atoms with Gasteiger partial charge in [0.1, 0.15) is 0 Å². The average molecular weight is 210 g/mol. The molecule has 2 saturated heterocycles. The second kappa shape index (κ2) is 4.42. The van der Waals surface area contributed by atoms with Crippen LogP contribution in [0.4, 0.5) is 0 Å². The normalized spacial score (nSPS) is 38.0. The van der Waals surface area contributed by atoms with E-state index in [1.165, 1.54) is 45.3 Å². The maximum absolute atomic E-state index is 3.58. The minimum atomic E-state index is 0.608. The number of nitrogens with one attached hydrogen (secondary N) is 1. The monoisotopic (exact) mass is 210 g/mol. The molecule has 0 aliphatic carbocycles. The summed E-state index contributed by atoms with van der Waals surface area (Å²) < 4.78 is 0. The number of nitrogens with zero attached hydrogens (tertiary/aromatic N) is 1. The summed E-state index contributed by atoms with van der Waals surface area (Å²) in [7, 11) is 2.33. The fourth-order valence-electron chi connectivity index (χ4n) is 3.61. The molecular formula is C13H26N2. The predicted octanol–water partition coefficient (Wildman–Crippen LogP) is 2.11. The van der Waals surface area contributed by atoms with Gasteiger partial charge in [-0.15, -0.1) is 0 Å². The van der Waals surface area contributed by atoms with Gasteiger partial charge in [0.25, 0.3) is 0 Å². The zero-order valence-corrected chi connectivity index (χ0v) is 10.6. The number of rotatable bonds is 2. The lowest BCUT2D eigenvalue weighted by molar-refractivity contribution is 0.0314. The molecule has 2 aliphatic rings.